The van der Waals surface area contributed by atoms with Gasteiger partial charge in [0.25, 0.3) is 0 Å². The van der Waals surface area contributed by atoms with Crippen LogP contribution in [-0.4, -0.2) is 206 Å². The number of unbranched alkanes of at least 4 members (excludes halogenated alkanes) is 1. The van der Waals surface area contributed by atoms with Crippen LogP contribution in [0.2, 0.25) is 0 Å². The van der Waals surface area contributed by atoms with Gasteiger partial charge < -0.3 is 102 Å². The first-order valence-electron chi connectivity index (χ1n) is 24.4. The molecule has 0 bridgehead atoms. The molecule has 35 heteroatoms. The number of rotatable bonds is 37. The Hall–Kier alpha value is -8.15. The Kier molecular flexibility index (Phi) is 30.7. The van der Waals surface area contributed by atoms with E-state index in [9.17, 15) is 72.9 Å². The lowest BCUT2D eigenvalue weighted by molar-refractivity contribution is -0.138. The zero-order valence-corrected chi connectivity index (χ0v) is 43.6. The molecule has 0 saturated heterocycles. The molecular formula is C43H75N19O16. The molecule has 0 saturated carbocycles. The van der Waals surface area contributed by atoms with E-state index in [-0.39, 0.29) is 56.8 Å². The molecule has 1 aromatic rings. The number of aliphatic hydroxyl groups is 3. The normalized spacial score (nSPS) is 14.7. The van der Waals surface area contributed by atoms with Crippen molar-refractivity contribution >= 4 is 76.9 Å². The Morgan fingerprint density at radius 1 is 0.641 bits per heavy atom. The highest BCUT2D eigenvalue weighted by Gasteiger charge is 2.36. The highest BCUT2D eigenvalue weighted by molar-refractivity contribution is 5.98. The number of hydrogen-bond donors (Lipinski definition) is 19. The van der Waals surface area contributed by atoms with Crippen LogP contribution in [0.5, 0.6) is 0 Å². The molecule has 438 valence electrons. The molecule has 10 atom stereocenters. The van der Waals surface area contributed by atoms with Gasteiger partial charge in [0.1, 0.15) is 54.5 Å². The van der Waals surface area contributed by atoms with E-state index in [1.54, 1.807) is 0 Å². The predicted molar refractivity (Wildman–Crippen MR) is 270 cm³/mol. The summed E-state index contributed by atoms with van der Waals surface area (Å²) in [6.45, 7) is 1.53. The molecule has 0 aliphatic carbocycles. The fourth-order valence-corrected chi connectivity index (χ4v) is 6.59. The number of aliphatic imine (C=N–C) groups is 1. The van der Waals surface area contributed by atoms with E-state index in [0.29, 0.717) is 19.4 Å². The summed E-state index contributed by atoms with van der Waals surface area (Å²) in [7, 11) is 0. The van der Waals surface area contributed by atoms with Crippen LogP contribution in [0.3, 0.4) is 0 Å². The topological polar surface area (TPSA) is 579 Å². The van der Waals surface area contributed by atoms with Gasteiger partial charge >= 0.3 is 5.97 Å². The smallest absolute Gasteiger partial charge is 0.322 e. The highest BCUT2D eigenvalue weighted by atomic mass is 16.4. The molecule has 1 unspecified atom stereocenters. The monoisotopic (exact) mass is 1110 g/mol. The summed E-state index contributed by atoms with van der Waals surface area (Å²) in [5, 5.41) is 70.5. The van der Waals surface area contributed by atoms with Crippen LogP contribution >= 0.6 is 0 Å². The summed E-state index contributed by atoms with van der Waals surface area (Å²) in [6, 6.07) is -12.9. The van der Waals surface area contributed by atoms with Crippen molar-refractivity contribution in [1.82, 2.24) is 68.2 Å². The van der Waals surface area contributed by atoms with Gasteiger partial charge in [0.15, 0.2) is 5.96 Å². The van der Waals surface area contributed by atoms with E-state index in [1.165, 1.54) is 20.0 Å². The van der Waals surface area contributed by atoms with Crippen LogP contribution in [0.4, 0.5) is 0 Å². The lowest BCUT2D eigenvalue weighted by Gasteiger charge is -2.27. The van der Waals surface area contributed by atoms with E-state index >= 15 is 0 Å². The zero-order chi connectivity index (χ0) is 59.2. The summed E-state index contributed by atoms with van der Waals surface area (Å²) >= 11 is 0. The fraction of sp³-hybridized carbons (Fsp3) is 0.651. The SMILES string of the molecule is CC(=O)NCc1cn(C[C@H](NC(=O)[C@H](CCCN=C(N)N)NC(=O)C(C)NC(=O)[C@@H](NC(=O)[C@H](CCC(N)=O)NC(=O)[C@@H](N)CCCCN)[C@@H](C)O)C(=O)N[C@@H](CO)C(=O)N[C@H](C(=O)NCC(=O)NCC(=O)O)[C@@H](C)O)nn1. The number of nitrogens with one attached hydrogen (secondary N) is 10. The number of carbonyl (C=O) groups is 12. The van der Waals surface area contributed by atoms with E-state index < -0.39 is 158 Å². The molecule has 0 aliphatic heterocycles. The van der Waals surface area contributed by atoms with Crippen molar-refractivity contribution in [1.29, 1.82) is 0 Å². The quantitative estimate of drug-likeness (QED) is 0.0167. The van der Waals surface area contributed by atoms with Gasteiger partial charge in [-0.25, -0.2) is 4.68 Å². The number of guanidine groups is 1. The molecule has 0 spiro atoms. The molecule has 1 heterocycles. The maximum absolute atomic E-state index is 14.2. The first-order valence-corrected chi connectivity index (χ1v) is 24.4. The Morgan fingerprint density at radius 2 is 1.19 bits per heavy atom. The minimum atomic E-state index is -1.90. The van der Waals surface area contributed by atoms with Crippen LogP contribution in [0.1, 0.15) is 78.3 Å². The Balaban J connectivity index is 3.48. The second-order valence-electron chi connectivity index (χ2n) is 17.7. The van der Waals surface area contributed by atoms with E-state index in [0.717, 1.165) is 18.5 Å². The average Bonchev–Trinajstić information content (AvgIpc) is 3.82. The number of carboxylic acids is 1. The van der Waals surface area contributed by atoms with Crippen LogP contribution in [0.15, 0.2) is 11.2 Å². The van der Waals surface area contributed by atoms with Gasteiger partial charge in [-0.3, -0.25) is 62.5 Å². The van der Waals surface area contributed by atoms with Gasteiger partial charge in [0.05, 0.1) is 50.7 Å². The van der Waals surface area contributed by atoms with Crippen molar-refractivity contribution in [2.45, 2.75) is 146 Å². The number of nitrogens with two attached hydrogens (primary N) is 5. The third-order valence-corrected chi connectivity index (χ3v) is 10.9. The van der Waals surface area contributed by atoms with Crippen LogP contribution in [-0.2, 0) is 70.6 Å². The number of aromatic nitrogens is 3. The molecule has 0 aromatic carbocycles. The maximum Gasteiger partial charge on any atom is 0.322 e. The van der Waals surface area contributed by atoms with Gasteiger partial charge in [0, 0.05) is 19.9 Å². The molecule has 1 aromatic heterocycles. The molecular weight excluding hydrogens is 1040 g/mol. The first kappa shape index (κ1) is 67.9. The third-order valence-electron chi connectivity index (χ3n) is 10.9. The van der Waals surface area contributed by atoms with Crippen molar-refractivity contribution in [3.05, 3.63) is 11.9 Å². The van der Waals surface area contributed by atoms with Crippen LogP contribution < -0.4 is 81.8 Å². The van der Waals surface area contributed by atoms with Gasteiger partial charge in [0.2, 0.25) is 65.0 Å². The maximum atomic E-state index is 14.2. The second-order valence-corrected chi connectivity index (χ2v) is 17.7. The molecule has 0 fully saturated rings. The van der Waals surface area contributed by atoms with E-state index in [4.69, 9.17) is 33.8 Å². The Morgan fingerprint density at radius 3 is 1.76 bits per heavy atom. The number of nitrogens with zero attached hydrogens (tertiary/aromatic N) is 4. The standard InChI is InChI=1S/C43H75N19O16/c1-20(53-42(78)34(22(3)65)59-38(74)27(10-11-30(46)67)55-36(72)25(45)8-5-6-12-44)35(71)54-26(9-7-13-49-43(47)48)37(73)56-28(18-62-17-24(60-61-62)14-50-23(4)66)39(75)57-29(19-63)40(76)58-33(21(2)64)41(77)52-15-31(68)51-16-32(69)70/h17,20-22,25-29,33-34,63-65H,5-16,18-19,44-45H2,1-4H3,(H2,46,67)(H,50,66)(H,51,68)(H,52,77)(H,53,78)(H,54,71)(H,55,72)(H,56,73)(H,57,75)(H,58,76)(H,59,74)(H,69,70)(H4,47,48,49)/t20?,21-,22-,25+,26+,27+,28+,29+,33+,34+/m1/s1. The molecule has 0 aliphatic rings. The minimum Gasteiger partial charge on any atom is -0.480 e. The predicted octanol–water partition coefficient (Wildman–Crippen LogP) is -10.8. The van der Waals surface area contributed by atoms with E-state index in [2.05, 4.69) is 63.2 Å². The minimum absolute atomic E-state index is 0.00341. The van der Waals surface area contributed by atoms with Crippen molar-refractivity contribution in [3.63, 3.8) is 0 Å². The Labute approximate surface area is 446 Å². The summed E-state index contributed by atoms with van der Waals surface area (Å²) in [5.74, 6) is -12.5. The van der Waals surface area contributed by atoms with Gasteiger partial charge in [-0.2, -0.15) is 0 Å². The van der Waals surface area contributed by atoms with Gasteiger partial charge in [-0.05, 0) is 59.4 Å². The number of carbonyl (C=O) groups excluding carboxylic acids is 11. The number of carboxylic acid groups (broad SMARTS) is 1. The fourth-order valence-electron chi connectivity index (χ4n) is 6.59. The lowest BCUT2D eigenvalue weighted by Crippen LogP contribution is -2.62. The number of aliphatic carboxylic acids is 1. The van der Waals surface area contributed by atoms with Crippen molar-refractivity contribution in [3.8, 4) is 0 Å². The van der Waals surface area contributed by atoms with Crippen molar-refractivity contribution < 1.29 is 78.0 Å². The molecule has 11 amide bonds. The molecule has 0 radical (unpaired) electrons. The summed E-state index contributed by atoms with van der Waals surface area (Å²) in [6.07, 6.45) is -1.67. The lowest BCUT2D eigenvalue weighted by atomic mass is 10.1. The number of amides is 11. The molecule has 1 rings (SSSR count). The van der Waals surface area contributed by atoms with Crippen molar-refractivity contribution in [2.24, 2.45) is 33.7 Å². The number of aliphatic hydroxyl groups excluding tert-OH is 3. The molecule has 78 heavy (non-hydrogen) atoms. The average molecular weight is 1110 g/mol. The summed E-state index contributed by atoms with van der Waals surface area (Å²) < 4.78 is 1.06. The third kappa shape index (κ3) is 26.6. The van der Waals surface area contributed by atoms with Gasteiger partial charge in [-0.15, -0.1) is 5.10 Å². The summed E-state index contributed by atoms with van der Waals surface area (Å²) in [5.41, 5.74) is 27.8. The highest BCUT2D eigenvalue weighted by Crippen LogP contribution is 2.07. The molecule has 35 nitrogen and oxygen atoms in total. The largest absolute Gasteiger partial charge is 0.480 e. The second kappa shape index (κ2) is 35.2. The van der Waals surface area contributed by atoms with E-state index in [1.807, 2.05) is 5.32 Å². The Bertz CT molecular complexity index is 2260. The zero-order valence-electron chi connectivity index (χ0n) is 43.6. The molecule has 24 N–H and O–H groups in total. The van der Waals surface area contributed by atoms with Crippen LogP contribution in [0.25, 0.3) is 0 Å². The van der Waals surface area contributed by atoms with Gasteiger partial charge in [-0.1, -0.05) is 11.6 Å². The first-order chi connectivity index (χ1) is 36.6. The number of hydrogen-bond acceptors (Lipinski definition) is 20. The summed E-state index contributed by atoms with van der Waals surface area (Å²) in [4.78, 5) is 158. The van der Waals surface area contributed by atoms with Crippen molar-refractivity contribution in [2.75, 3.05) is 32.8 Å². The van der Waals surface area contributed by atoms with Crippen LogP contribution in [0, 0.1) is 0 Å². The number of primary amides is 1.